The van der Waals surface area contributed by atoms with E-state index in [1.807, 2.05) is 20.8 Å². The van der Waals surface area contributed by atoms with Gasteiger partial charge in [0.25, 0.3) is 0 Å². The summed E-state index contributed by atoms with van der Waals surface area (Å²) in [5.74, 6) is -0.273. The number of benzene rings is 1. The monoisotopic (exact) mass is 316 g/mol. The van der Waals surface area contributed by atoms with Crippen LogP contribution in [0.25, 0.3) is 0 Å². The molecule has 0 aromatic heterocycles. The molecule has 0 amide bonds. The van der Waals surface area contributed by atoms with Crippen molar-refractivity contribution in [1.82, 2.24) is 10.0 Å². The molecule has 0 radical (unpaired) electrons. The third-order valence-electron chi connectivity index (χ3n) is 3.35. The molecule has 0 heterocycles. The second kappa shape index (κ2) is 7.87. The first-order valence-corrected chi connectivity index (χ1v) is 8.74. The van der Waals surface area contributed by atoms with Crippen LogP contribution >= 0.6 is 0 Å². The van der Waals surface area contributed by atoms with Crippen LogP contribution in [0.2, 0.25) is 0 Å². The Balaban J connectivity index is 2.50. The summed E-state index contributed by atoms with van der Waals surface area (Å²) in [6.45, 7) is 8.19. The van der Waals surface area contributed by atoms with Gasteiger partial charge in [0, 0.05) is 19.1 Å². The van der Waals surface area contributed by atoms with Crippen molar-refractivity contribution in [3.8, 4) is 0 Å². The van der Waals surface area contributed by atoms with Crippen molar-refractivity contribution in [2.24, 2.45) is 0 Å². The molecule has 1 aromatic rings. The van der Waals surface area contributed by atoms with Crippen molar-refractivity contribution >= 4 is 10.0 Å². The highest BCUT2D eigenvalue weighted by molar-refractivity contribution is 7.90. The molecule has 0 fully saturated rings. The maximum atomic E-state index is 13.0. The van der Waals surface area contributed by atoms with Gasteiger partial charge in [0.1, 0.15) is 5.82 Å². The molecule has 2 N–H and O–H groups in total. The van der Waals surface area contributed by atoms with Gasteiger partial charge in [-0.15, -0.1) is 0 Å². The second-order valence-corrected chi connectivity index (χ2v) is 7.82. The van der Waals surface area contributed by atoms with E-state index in [1.165, 1.54) is 12.1 Å². The molecule has 1 aromatic carbocycles. The normalized spacial score (nSPS) is 13.6. The number of hydrogen-bond acceptors (Lipinski definition) is 3. The van der Waals surface area contributed by atoms with Crippen molar-refractivity contribution < 1.29 is 12.8 Å². The zero-order valence-corrected chi connectivity index (χ0v) is 13.9. The molecule has 0 saturated carbocycles. The Labute approximate surface area is 127 Å². The summed E-state index contributed by atoms with van der Waals surface area (Å²) in [6.07, 6.45) is 0.551. The Morgan fingerprint density at radius 3 is 2.48 bits per heavy atom. The SMILES string of the molecule is Cc1cc(F)ccc1CCNS(=O)(=O)C(C)CNC(C)C. The summed E-state index contributed by atoms with van der Waals surface area (Å²) in [6, 6.07) is 4.80. The van der Waals surface area contributed by atoms with Crippen LogP contribution in [-0.4, -0.2) is 32.8 Å². The van der Waals surface area contributed by atoms with Crippen LogP contribution in [0, 0.1) is 12.7 Å². The Morgan fingerprint density at radius 2 is 1.90 bits per heavy atom. The average Bonchev–Trinajstić information content (AvgIpc) is 2.38. The molecule has 0 saturated heterocycles. The molecule has 120 valence electrons. The lowest BCUT2D eigenvalue weighted by Crippen LogP contribution is -2.41. The van der Waals surface area contributed by atoms with Gasteiger partial charge in [0.2, 0.25) is 10.0 Å². The molecule has 0 aliphatic rings. The fourth-order valence-corrected chi connectivity index (χ4v) is 2.91. The highest BCUT2D eigenvalue weighted by atomic mass is 32.2. The minimum Gasteiger partial charge on any atom is -0.313 e. The zero-order chi connectivity index (χ0) is 16.0. The summed E-state index contributed by atoms with van der Waals surface area (Å²) in [5, 5.41) is 2.62. The van der Waals surface area contributed by atoms with E-state index < -0.39 is 15.3 Å². The molecule has 6 heteroatoms. The van der Waals surface area contributed by atoms with E-state index in [4.69, 9.17) is 0 Å². The topological polar surface area (TPSA) is 58.2 Å². The van der Waals surface area contributed by atoms with Crippen molar-refractivity contribution in [3.05, 3.63) is 35.1 Å². The van der Waals surface area contributed by atoms with Gasteiger partial charge in [-0.25, -0.2) is 17.5 Å². The summed E-state index contributed by atoms with van der Waals surface area (Å²) >= 11 is 0. The maximum absolute atomic E-state index is 13.0. The Hall–Kier alpha value is -0.980. The minimum absolute atomic E-state index is 0.254. The van der Waals surface area contributed by atoms with Crippen LogP contribution in [0.3, 0.4) is 0 Å². The second-order valence-electron chi connectivity index (χ2n) is 5.63. The molecule has 0 bridgehead atoms. The maximum Gasteiger partial charge on any atom is 0.215 e. The van der Waals surface area contributed by atoms with Gasteiger partial charge < -0.3 is 5.32 Å². The zero-order valence-electron chi connectivity index (χ0n) is 13.1. The number of hydrogen-bond donors (Lipinski definition) is 2. The lowest BCUT2D eigenvalue weighted by Gasteiger charge is -2.16. The molecular weight excluding hydrogens is 291 g/mol. The van der Waals surface area contributed by atoms with E-state index in [0.717, 1.165) is 11.1 Å². The minimum atomic E-state index is -3.33. The van der Waals surface area contributed by atoms with Gasteiger partial charge in [0.15, 0.2) is 0 Å². The van der Waals surface area contributed by atoms with Crippen LogP contribution in [0.1, 0.15) is 31.9 Å². The van der Waals surface area contributed by atoms with Crippen LogP contribution in [0.4, 0.5) is 4.39 Å². The van der Waals surface area contributed by atoms with Crippen molar-refractivity contribution in [2.45, 2.75) is 45.4 Å². The van der Waals surface area contributed by atoms with E-state index in [-0.39, 0.29) is 11.9 Å². The molecule has 21 heavy (non-hydrogen) atoms. The van der Waals surface area contributed by atoms with Crippen LogP contribution in [0.15, 0.2) is 18.2 Å². The van der Waals surface area contributed by atoms with Gasteiger partial charge in [-0.05, 0) is 43.5 Å². The van der Waals surface area contributed by atoms with E-state index in [9.17, 15) is 12.8 Å². The van der Waals surface area contributed by atoms with E-state index in [2.05, 4.69) is 10.0 Å². The average molecular weight is 316 g/mol. The first-order valence-electron chi connectivity index (χ1n) is 7.19. The first-order chi connectivity index (χ1) is 9.72. The Morgan fingerprint density at radius 1 is 1.24 bits per heavy atom. The number of sulfonamides is 1. The van der Waals surface area contributed by atoms with E-state index in [1.54, 1.807) is 13.0 Å². The fraction of sp³-hybridized carbons (Fsp3) is 0.600. The van der Waals surface area contributed by atoms with Crippen molar-refractivity contribution in [2.75, 3.05) is 13.1 Å². The van der Waals surface area contributed by atoms with Crippen molar-refractivity contribution in [1.29, 1.82) is 0 Å². The smallest absolute Gasteiger partial charge is 0.215 e. The molecule has 0 aliphatic heterocycles. The predicted molar refractivity (Wildman–Crippen MR) is 84.4 cm³/mol. The van der Waals surface area contributed by atoms with Crippen LogP contribution in [-0.2, 0) is 16.4 Å². The van der Waals surface area contributed by atoms with Gasteiger partial charge in [-0.2, -0.15) is 0 Å². The summed E-state index contributed by atoms with van der Waals surface area (Å²) in [4.78, 5) is 0. The number of halogens is 1. The highest BCUT2D eigenvalue weighted by Gasteiger charge is 2.19. The summed E-state index contributed by atoms with van der Waals surface area (Å²) < 4.78 is 39.7. The molecular formula is C15H25FN2O2S. The van der Waals surface area contributed by atoms with Gasteiger partial charge in [-0.3, -0.25) is 0 Å². The van der Waals surface area contributed by atoms with E-state index >= 15 is 0 Å². The van der Waals surface area contributed by atoms with Crippen molar-refractivity contribution in [3.63, 3.8) is 0 Å². The third kappa shape index (κ3) is 6.11. The Bertz CT molecular complexity index is 559. The predicted octanol–water partition coefficient (Wildman–Crippen LogP) is 1.98. The molecule has 4 nitrogen and oxygen atoms in total. The molecule has 1 atom stereocenters. The first kappa shape index (κ1) is 18.1. The highest BCUT2D eigenvalue weighted by Crippen LogP contribution is 2.10. The summed E-state index contributed by atoms with van der Waals surface area (Å²) in [5.41, 5.74) is 1.79. The Kier molecular flexibility index (Phi) is 6.77. The number of aryl methyl sites for hydroxylation is 1. The lowest BCUT2D eigenvalue weighted by atomic mass is 10.1. The quantitative estimate of drug-likeness (QED) is 0.771. The van der Waals surface area contributed by atoms with E-state index in [0.29, 0.717) is 19.5 Å². The van der Waals surface area contributed by atoms with Crippen LogP contribution in [0.5, 0.6) is 0 Å². The standard InChI is InChI=1S/C15H25FN2O2S/c1-11(2)17-10-13(4)21(19,20)18-8-7-14-5-6-15(16)9-12(14)3/h5-6,9,11,13,17-18H,7-8,10H2,1-4H3. The lowest BCUT2D eigenvalue weighted by molar-refractivity contribution is 0.540. The van der Waals surface area contributed by atoms with Crippen LogP contribution < -0.4 is 10.0 Å². The summed E-state index contributed by atoms with van der Waals surface area (Å²) in [7, 11) is -3.33. The van der Waals surface area contributed by atoms with Gasteiger partial charge >= 0.3 is 0 Å². The molecule has 1 rings (SSSR count). The third-order valence-corrected chi connectivity index (χ3v) is 5.18. The number of nitrogens with one attached hydrogen (secondary N) is 2. The molecule has 0 aliphatic carbocycles. The molecule has 0 spiro atoms. The molecule has 1 unspecified atom stereocenters. The van der Waals surface area contributed by atoms with Gasteiger partial charge in [0.05, 0.1) is 5.25 Å². The fourth-order valence-electron chi connectivity index (χ4n) is 1.92. The van der Waals surface area contributed by atoms with Gasteiger partial charge in [-0.1, -0.05) is 19.9 Å². The number of rotatable bonds is 8. The largest absolute Gasteiger partial charge is 0.313 e.